The average Bonchev–Trinajstić information content (AvgIpc) is 2.67. The highest BCUT2D eigenvalue weighted by atomic mass is 32.2. The zero-order valence-corrected chi connectivity index (χ0v) is 17.6. The van der Waals surface area contributed by atoms with Crippen molar-refractivity contribution in [1.29, 1.82) is 0 Å². The van der Waals surface area contributed by atoms with Crippen LogP contribution in [0.15, 0.2) is 39.4 Å². The zero-order valence-electron chi connectivity index (χ0n) is 16.8. The van der Waals surface area contributed by atoms with E-state index in [0.717, 1.165) is 25.7 Å². The molecule has 7 N–H and O–H groups in total. The lowest BCUT2D eigenvalue weighted by molar-refractivity contribution is -0.120. The summed E-state index contributed by atoms with van der Waals surface area (Å²) in [6, 6.07) is 4.64. The second kappa shape index (κ2) is 12.1. The summed E-state index contributed by atoms with van der Waals surface area (Å²) in [6.07, 6.45) is 5.71. The van der Waals surface area contributed by atoms with Gasteiger partial charge in [-0.3, -0.25) is 10.2 Å². The largest absolute Gasteiger partial charge is 0.508 e. The van der Waals surface area contributed by atoms with Crippen molar-refractivity contribution in [2.75, 3.05) is 12.8 Å². The number of benzene rings is 1. The molecule has 0 aliphatic rings. The molecule has 0 bridgehead atoms. The molecule has 0 aliphatic heterocycles. The lowest BCUT2D eigenvalue weighted by Crippen LogP contribution is -2.43. The smallest absolute Gasteiger partial charge is 0.259 e. The number of carbonyl (C=O) groups is 1. The molecular formula is C20H31N4O3S+. The van der Waals surface area contributed by atoms with Gasteiger partial charge in [0.25, 0.3) is 5.91 Å². The number of rotatable bonds is 11. The van der Waals surface area contributed by atoms with E-state index in [0.29, 0.717) is 23.5 Å². The van der Waals surface area contributed by atoms with E-state index in [9.17, 15) is 15.0 Å². The molecule has 0 radical (unpaired) electrons. The molecule has 0 spiro atoms. The van der Waals surface area contributed by atoms with Crippen molar-refractivity contribution < 1.29 is 20.4 Å². The molecule has 0 fully saturated rings. The Morgan fingerprint density at radius 2 is 1.96 bits per heavy atom. The number of aliphatic imine (C=N–C) groups is 1. The summed E-state index contributed by atoms with van der Waals surface area (Å²) in [4.78, 5) is 17.7. The summed E-state index contributed by atoms with van der Waals surface area (Å²) >= 11 is 1.38. The van der Waals surface area contributed by atoms with Gasteiger partial charge >= 0.3 is 0 Å². The first-order valence-electron chi connectivity index (χ1n) is 9.40. The van der Waals surface area contributed by atoms with Gasteiger partial charge in [-0.2, -0.15) is 0 Å². The number of nitrogens with two attached hydrogens (primary N) is 2. The third-order valence-corrected chi connectivity index (χ3v) is 4.81. The van der Waals surface area contributed by atoms with Gasteiger partial charge in [-0.05, 0) is 37.3 Å². The number of aliphatic hydroxyl groups excluding tert-OH is 1. The van der Waals surface area contributed by atoms with Crippen molar-refractivity contribution >= 4 is 34.9 Å². The van der Waals surface area contributed by atoms with Gasteiger partial charge in [-0.15, -0.1) is 11.8 Å². The van der Waals surface area contributed by atoms with Crippen molar-refractivity contribution in [2.45, 2.75) is 50.8 Å². The fourth-order valence-corrected chi connectivity index (χ4v) is 2.96. The summed E-state index contributed by atoms with van der Waals surface area (Å²) < 4.78 is 0. The lowest BCUT2D eigenvalue weighted by Gasteiger charge is -2.11. The van der Waals surface area contributed by atoms with Gasteiger partial charge in [0, 0.05) is 17.9 Å². The van der Waals surface area contributed by atoms with Gasteiger partial charge in [0.2, 0.25) is 5.71 Å². The van der Waals surface area contributed by atoms with Crippen LogP contribution in [0.25, 0.3) is 0 Å². The molecule has 1 amide bonds. The van der Waals surface area contributed by atoms with Gasteiger partial charge in [0.1, 0.15) is 17.2 Å². The molecule has 8 heteroatoms. The number of allylic oxidation sites excluding steroid dienone is 1. The number of phenolic OH excluding ortho intramolecular Hbond substituents is 1. The molecule has 0 aliphatic carbocycles. The van der Waals surface area contributed by atoms with Crippen molar-refractivity contribution in [1.82, 2.24) is 5.32 Å². The minimum atomic E-state index is -0.517. The van der Waals surface area contributed by atoms with Gasteiger partial charge < -0.3 is 21.3 Å². The standard InChI is InChI=1S/C20H30N4O3S/c1-4-6-8-14(21)18(26)17(20(27)23-11-7-5-2)19(22)24-15-10-9-13(25)12-16(15)28-3/h9-10,12,21,25-26H,4-8,11H2,1-3H3,(H2,22,24)(H,23,27)/p+1/b18-17+,21-14?. The van der Waals surface area contributed by atoms with Crippen molar-refractivity contribution in [3.63, 3.8) is 0 Å². The fraction of sp³-hybridized carbons (Fsp3) is 0.450. The zero-order chi connectivity index (χ0) is 21.1. The normalized spacial score (nSPS) is 12.5. The molecule has 28 heavy (non-hydrogen) atoms. The third-order valence-electron chi connectivity index (χ3n) is 4.04. The number of unbranched alkanes of at least 4 members (excludes halogenated alkanes) is 2. The second-order valence-electron chi connectivity index (χ2n) is 6.32. The molecule has 7 nitrogen and oxygen atoms in total. The Hall–Kier alpha value is -2.48. The minimum absolute atomic E-state index is 0.106. The quantitative estimate of drug-likeness (QED) is 0.0958. The van der Waals surface area contributed by atoms with Crippen molar-refractivity contribution in [3.05, 3.63) is 29.5 Å². The number of nitrogens with zero attached hydrogens (tertiary/aromatic N) is 1. The number of aromatic hydroxyl groups is 1. The number of phenols is 1. The third kappa shape index (κ3) is 6.92. The van der Waals surface area contributed by atoms with Gasteiger partial charge in [0.15, 0.2) is 5.76 Å². The number of nitrogens with one attached hydrogen (secondary N) is 1. The van der Waals surface area contributed by atoms with Crippen LogP contribution in [0.5, 0.6) is 5.75 Å². The van der Waals surface area contributed by atoms with Crippen LogP contribution < -0.4 is 16.5 Å². The first-order valence-corrected chi connectivity index (χ1v) is 10.6. The van der Waals surface area contributed by atoms with E-state index in [4.69, 9.17) is 11.1 Å². The second-order valence-corrected chi connectivity index (χ2v) is 7.16. The minimum Gasteiger partial charge on any atom is -0.508 e. The topological polar surface area (TPSA) is 134 Å². The van der Waals surface area contributed by atoms with Gasteiger partial charge in [-0.1, -0.05) is 26.7 Å². The van der Waals surface area contributed by atoms with Crippen molar-refractivity contribution in [3.8, 4) is 5.75 Å². The van der Waals surface area contributed by atoms with E-state index in [1.807, 2.05) is 20.1 Å². The van der Waals surface area contributed by atoms with Crippen LogP contribution in [0.2, 0.25) is 0 Å². The van der Waals surface area contributed by atoms with Crippen LogP contribution >= 0.6 is 11.8 Å². The van der Waals surface area contributed by atoms with Crippen LogP contribution in [0.4, 0.5) is 5.69 Å². The summed E-state index contributed by atoms with van der Waals surface area (Å²) in [5.41, 5.74) is 6.67. The number of hydrogen-bond donors (Lipinski definition) is 5. The highest BCUT2D eigenvalue weighted by molar-refractivity contribution is 7.98. The molecule has 1 rings (SSSR count). The summed E-state index contributed by atoms with van der Waals surface area (Å²) in [7, 11) is 0. The molecule has 0 heterocycles. The summed E-state index contributed by atoms with van der Waals surface area (Å²) in [6.45, 7) is 4.49. The predicted octanol–water partition coefficient (Wildman–Crippen LogP) is 2.22. The van der Waals surface area contributed by atoms with E-state index in [1.54, 1.807) is 12.1 Å². The van der Waals surface area contributed by atoms with Crippen LogP contribution in [-0.4, -0.2) is 40.5 Å². The number of hydrogen-bond acceptors (Lipinski definition) is 5. The molecular weight excluding hydrogens is 376 g/mol. The first-order chi connectivity index (χ1) is 13.3. The maximum absolute atomic E-state index is 12.7. The number of amides is 1. The van der Waals surface area contributed by atoms with E-state index in [-0.39, 0.29) is 28.6 Å². The molecule has 0 saturated heterocycles. The van der Waals surface area contributed by atoms with E-state index in [2.05, 4.69) is 10.3 Å². The Morgan fingerprint density at radius 3 is 2.57 bits per heavy atom. The predicted molar refractivity (Wildman–Crippen MR) is 115 cm³/mol. The number of aliphatic hydroxyl groups is 1. The maximum atomic E-state index is 12.7. The number of amidine groups is 1. The summed E-state index contributed by atoms with van der Waals surface area (Å²) in [5.74, 6) is -0.883. The molecule has 0 saturated carbocycles. The van der Waals surface area contributed by atoms with E-state index in [1.165, 1.54) is 17.8 Å². The molecule has 0 aromatic heterocycles. The Kier molecular flexibility index (Phi) is 10.2. The monoisotopic (exact) mass is 407 g/mol. The van der Waals surface area contributed by atoms with Crippen LogP contribution in [0.1, 0.15) is 46.0 Å². The van der Waals surface area contributed by atoms with E-state index < -0.39 is 5.91 Å². The Morgan fingerprint density at radius 1 is 1.29 bits per heavy atom. The highest BCUT2D eigenvalue weighted by Crippen LogP contribution is 2.31. The SMILES string of the molecule is CCCCNC(=O)/C(C(N)=Nc1ccc(O)cc1SC)=C(/O)C(=[NH2+])CCCC. The van der Waals surface area contributed by atoms with Crippen LogP contribution in [0.3, 0.4) is 0 Å². The molecule has 1 aromatic carbocycles. The fourth-order valence-electron chi connectivity index (χ4n) is 2.40. The molecule has 154 valence electrons. The number of thioether (sulfide) groups is 1. The average molecular weight is 408 g/mol. The maximum Gasteiger partial charge on any atom is 0.259 e. The summed E-state index contributed by atoms with van der Waals surface area (Å²) in [5, 5.41) is 29.0. The Labute approximate surface area is 170 Å². The van der Waals surface area contributed by atoms with Crippen LogP contribution in [0, 0.1) is 0 Å². The lowest BCUT2D eigenvalue weighted by atomic mass is 10.1. The Bertz CT molecular complexity index is 760. The highest BCUT2D eigenvalue weighted by Gasteiger charge is 2.24. The molecule has 0 atom stereocenters. The van der Waals surface area contributed by atoms with E-state index >= 15 is 0 Å². The Balaban J connectivity index is 3.33. The van der Waals surface area contributed by atoms with Gasteiger partial charge in [-0.25, -0.2) is 4.99 Å². The van der Waals surface area contributed by atoms with Crippen LogP contribution in [-0.2, 0) is 4.79 Å². The molecule has 0 unspecified atom stereocenters. The first kappa shape index (κ1) is 23.6. The molecule has 1 aromatic rings. The van der Waals surface area contributed by atoms with Crippen molar-refractivity contribution in [2.24, 2.45) is 10.7 Å². The number of carbonyl (C=O) groups excluding carboxylic acids is 1. The van der Waals surface area contributed by atoms with Gasteiger partial charge in [0.05, 0.1) is 5.69 Å².